The fourth-order valence-electron chi connectivity index (χ4n) is 9.71. The number of ether oxygens (including phenoxy) is 4. The van der Waals surface area contributed by atoms with E-state index in [4.69, 9.17) is 37.0 Å². The van der Waals surface area contributed by atoms with Crippen LogP contribution in [0.3, 0.4) is 0 Å². The van der Waals surface area contributed by atoms with Gasteiger partial charge in [-0.2, -0.15) is 0 Å². The van der Waals surface area contributed by atoms with E-state index in [2.05, 4.69) is 41.5 Å². The maximum Gasteiger partial charge on any atom is 0.472 e. The molecular formula is C65H126O17P2. The third kappa shape index (κ3) is 59.0. The first-order valence-electron chi connectivity index (χ1n) is 34.0. The molecule has 0 aliphatic rings. The van der Waals surface area contributed by atoms with Crippen LogP contribution in [0.4, 0.5) is 0 Å². The van der Waals surface area contributed by atoms with Crippen LogP contribution in [0.15, 0.2) is 0 Å². The molecule has 0 saturated carbocycles. The highest BCUT2D eigenvalue weighted by Gasteiger charge is 2.30. The molecule has 0 spiro atoms. The third-order valence-electron chi connectivity index (χ3n) is 15.0. The minimum Gasteiger partial charge on any atom is -0.462 e. The number of esters is 4. The maximum atomic E-state index is 13.0. The van der Waals surface area contributed by atoms with Crippen molar-refractivity contribution in [2.75, 3.05) is 39.6 Å². The van der Waals surface area contributed by atoms with E-state index in [1.54, 1.807) is 0 Å². The van der Waals surface area contributed by atoms with Gasteiger partial charge in [0.2, 0.25) is 0 Å². The Morgan fingerprint density at radius 2 is 0.548 bits per heavy atom. The number of carbonyl (C=O) groups excluding carboxylic acids is 4. The van der Waals surface area contributed by atoms with Gasteiger partial charge in [0.1, 0.15) is 19.3 Å². The van der Waals surface area contributed by atoms with E-state index in [9.17, 15) is 43.2 Å². The van der Waals surface area contributed by atoms with Gasteiger partial charge in [-0.1, -0.05) is 273 Å². The van der Waals surface area contributed by atoms with Crippen LogP contribution in [0.1, 0.15) is 324 Å². The maximum absolute atomic E-state index is 13.0. The molecule has 0 heterocycles. The van der Waals surface area contributed by atoms with Crippen LogP contribution in [-0.2, 0) is 65.4 Å². The smallest absolute Gasteiger partial charge is 0.462 e. The number of rotatable bonds is 64. The summed E-state index contributed by atoms with van der Waals surface area (Å²) in [5.74, 6) is -0.689. The summed E-state index contributed by atoms with van der Waals surface area (Å²) in [6, 6.07) is 0. The highest BCUT2D eigenvalue weighted by atomic mass is 31.2. The van der Waals surface area contributed by atoms with Crippen molar-refractivity contribution < 1.29 is 80.2 Å². The first kappa shape index (κ1) is 82.1. The van der Waals surface area contributed by atoms with Gasteiger partial charge in [0.15, 0.2) is 12.2 Å². The zero-order valence-electron chi connectivity index (χ0n) is 54.2. The predicted molar refractivity (Wildman–Crippen MR) is 335 cm³/mol. The zero-order valence-corrected chi connectivity index (χ0v) is 56.0. The van der Waals surface area contributed by atoms with Crippen molar-refractivity contribution >= 4 is 39.5 Å². The number of hydrogen-bond donors (Lipinski definition) is 3. The molecule has 0 aromatic rings. The second-order valence-corrected chi connectivity index (χ2v) is 27.4. The number of phosphoric ester groups is 2. The monoisotopic (exact) mass is 1240 g/mol. The van der Waals surface area contributed by atoms with Gasteiger partial charge in [0.25, 0.3) is 0 Å². The highest BCUT2D eigenvalue weighted by molar-refractivity contribution is 7.47. The SMILES string of the molecule is CCCCCCCCCCCCCCCCCCC(=O)O[C@H](COC(=O)CCCCCCCCCCCCC(C)C)COP(=O)(O)OC[C@@H](O)COP(=O)(O)OC[C@@H](COC(=O)CCCCCCC)OC(=O)CCCCCCCCCC(C)C. The molecule has 0 aliphatic heterocycles. The molecule has 0 aromatic carbocycles. The summed E-state index contributed by atoms with van der Waals surface area (Å²) < 4.78 is 67.8. The summed E-state index contributed by atoms with van der Waals surface area (Å²) in [4.78, 5) is 72.0. The molecule has 0 amide bonds. The summed E-state index contributed by atoms with van der Waals surface area (Å²) in [6.07, 6.45) is 40.8. The Bertz CT molecular complexity index is 1650. The third-order valence-corrected chi connectivity index (χ3v) is 16.9. The fourth-order valence-corrected chi connectivity index (χ4v) is 11.3. The van der Waals surface area contributed by atoms with Crippen molar-refractivity contribution in [1.82, 2.24) is 0 Å². The van der Waals surface area contributed by atoms with Gasteiger partial charge >= 0.3 is 39.5 Å². The predicted octanol–water partition coefficient (Wildman–Crippen LogP) is 18.0. The molecule has 0 saturated heterocycles. The van der Waals surface area contributed by atoms with Crippen LogP contribution in [0.2, 0.25) is 0 Å². The van der Waals surface area contributed by atoms with E-state index in [-0.39, 0.29) is 25.7 Å². The van der Waals surface area contributed by atoms with Crippen LogP contribution in [0.5, 0.6) is 0 Å². The zero-order chi connectivity index (χ0) is 62.2. The fraction of sp³-hybridized carbons (Fsp3) is 0.938. The van der Waals surface area contributed by atoms with Gasteiger partial charge in [-0.3, -0.25) is 37.3 Å². The van der Waals surface area contributed by atoms with E-state index in [0.717, 1.165) is 102 Å². The molecule has 84 heavy (non-hydrogen) atoms. The lowest BCUT2D eigenvalue weighted by atomic mass is 10.0. The first-order chi connectivity index (χ1) is 40.4. The number of phosphoric acid groups is 2. The normalized spacial score (nSPS) is 14.3. The summed E-state index contributed by atoms with van der Waals surface area (Å²) in [5.41, 5.74) is 0. The van der Waals surface area contributed by atoms with Gasteiger partial charge in [0.05, 0.1) is 26.4 Å². The van der Waals surface area contributed by atoms with E-state index in [1.807, 2.05) is 0 Å². The Hall–Kier alpha value is -1.94. The molecule has 0 bridgehead atoms. The summed E-state index contributed by atoms with van der Waals surface area (Å²) in [6.45, 7) is 9.35. The van der Waals surface area contributed by atoms with Crippen LogP contribution >= 0.6 is 15.6 Å². The number of hydrogen-bond acceptors (Lipinski definition) is 15. The largest absolute Gasteiger partial charge is 0.472 e. The highest BCUT2D eigenvalue weighted by Crippen LogP contribution is 2.45. The molecule has 0 radical (unpaired) electrons. The average molecular weight is 1240 g/mol. The molecule has 0 aromatic heterocycles. The molecule has 0 fully saturated rings. The number of carbonyl (C=O) groups is 4. The van der Waals surface area contributed by atoms with Crippen molar-refractivity contribution in [3.63, 3.8) is 0 Å². The Balaban J connectivity index is 5.17. The number of aliphatic hydroxyl groups excluding tert-OH is 1. The average Bonchev–Trinajstić information content (AvgIpc) is 3.47. The van der Waals surface area contributed by atoms with Gasteiger partial charge in [-0.15, -0.1) is 0 Å². The molecule has 17 nitrogen and oxygen atoms in total. The van der Waals surface area contributed by atoms with Crippen molar-refractivity contribution in [2.45, 2.75) is 342 Å². The van der Waals surface area contributed by atoms with Gasteiger partial charge in [-0.05, 0) is 37.5 Å². The lowest BCUT2D eigenvalue weighted by Gasteiger charge is -2.21. The van der Waals surface area contributed by atoms with E-state index < -0.39 is 97.5 Å². The summed E-state index contributed by atoms with van der Waals surface area (Å²) in [5, 5.41) is 10.5. The lowest BCUT2D eigenvalue weighted by Crippen LogP contribution is -2.30. The molecule has 5 atom stereocenters. The van der Waals surface area contributed by atoms with Crippen LogP contribution < -0.4 is 0 Å². The van der Waals surface area contributed by atoms with Crippen molar-refractivity contribution in [3.8, 4) is 0 Å². The van der Waals surface area contributed by atoms with E-state index >= 15 is 0 Å². The lowest BCUT2D eigenvalue weighted by molar-refractivity contribution is -0.161. The molecule has 498 valence electrons. The van der Waals surface area contributed by atoms with Crippen molar-refractivity contribution in [1.29, 1.82) is 0 Å². The van der Waals surface area contributed by atoms with Crippen molar-refractivity contribution in [2.24, 2.45) is 11.8 Å². The van der Waals surface area contributed by atoms with Gasteiger partial charge in [-0.25, -0.2) is 9.13 Å². The van der Waals surface area contributed by atoms with Crippen LogP contribution in [-0.4, -0.2) is 96.7 Å². The van der Waals surface area contributed by atoms with Gasteiger partial charge < -0.3 is 33.8 Å². The van der Waals surface area contributed by atoms with E-state index in [1.165, 1.54) is 135 Å². The Labute approximate surface area is 511 Å². The second kappa shape index (κ2) is 57.5. The molecule has 0 rings (SSSR count). The molecule has 2 unspecified atom stereocenters. The topological polar surface area (TPSA) is 237 Å². The molecule has 19 heteroatoms. The number of aliphatic hydroxyl groups is 1. The quantitative estimate of drug-likeness (QED) is 0.0222. The minimum absolute atomic E-state index is 0.102. The molecule has 3 N–H and O–H groups in total. The second-order valence-electron chi connectivity index (χ2n) is 24.5. The first-order valence-corrected chi connectivity index (χ1v) is 37.0. The van der Waals surface area contributed by atoms with E-state index in [0.29, 0.717) is 31.6 Å². The van der Waals surface area contributed by atoms with Crippen molar-refractivity contribution in [3.05, 3.63) is 0 Å². The van der Waals surface area contributed by atoms with Crippen LogP contribution in [0.25, 0.3) is 0 Å². The Morgan fingerprint density at radius 1 is 0.321 bits per heavy atom. The van der Waals surface area contributed by atoms with Gasteiger partial charge in [0, 0.05) is 25.7 Å². The Kier molecular flexibility index (Phi) is 56.2. The number of unbranched alkanes of at least 4 members (excludes halogenated alkanes) is 34. The van der Waals surface area contributed by atoms with Crippen LogP contribution in [0, 0.1) is 11.8 Å². The molecule has 0 aliphatic carbocycles. The summed E-state index contributed by atoms with van der Waals surface area (Å²) in [7, 11) is -9.88. The summed E-state index contributed by atoms with van der Waals surface area (Å²) >= 11 is 0. The molecular weight excluding hydrogens is 1110 g/mol. The Morgan fingerprint density at radius 3 is 0.810 bits per heavy atom. The standard InChI is InChI=1S/C65H126O17P2/c1-7-9-11-13-14-15-16-17-18-19-20-21-26-31-37-43-49-64(69)82-61(54-76-63(68)48-42-36-30-25-23-22-24-28-34-39-45-57(3)4)56-80-84(73,74)78-52-59(66)51-77-83(71,72)79-55-60(53-75-62(67)47-41-33-12-10-8-2)81-65(70)50-44-38-32-27-29-35-40-46-58(5)6/h57-61,66H,7-56H2,1-6H3,(H,71,72)(H,73,74)/t59-,60+,61+/m0/s1. The minimum atomic E-state index is -4.95.